The summed E-state index contributed by atoms with van der Waals surface area (Å²) in [4.78, 5) is 0. The van der Waals surface area contributed by atoms with E-state index in [9.17, 15) is 0 Å². The summed E-state index contributed by atoms with van der Waals surface area (Å²) in [5.41, 5.74) is 0. The van der Waals surface area contributed by atoms with Crippen molar-refractivity contribution in [1.82, 2.24) is 5.31 Å². The lowest BCUT2D eigenvalue weighted by atomic mass is 9.89. The number of rotatable bonds is 2. The Morgan fingerprint density at radius 1 is 1.50 bits per heavy atom. The molecule has 1 N–H and O–H groups in total. The molecule has 1 heterocycles. The molecule has 1 aliphatic heterocycles. The Morgan fingerprint density at radius 3 is 2.60 bits per heavy atom. The average Bonchev–Trinajstić information content (AvgIpc) is 1.93. The average molecular weight is 143 g/mol. The van der Waals surface area contributed by atoms with Gasteiger partial charge in [0.2, 0.25) is 0 Å². The maximum Gasteiger partial charge on any atom is 0.122 e. The highest BCUT2D eigenvalue weighted by Gasteiger charge is 2.13. The van der Waals surface area contributed by atoms with E-state index in [4.69, 9.17) is 1.41 Å². The summed E-state index contributed by atoms with van der Waals surface area (Å²) in [6, 6.07) is 0. The molecule has 1 nitrogen and oxygen atoms in total. The lowest BCUT2D eigenvalue weighted by Gasteiger charge is -2.23. The van der Waals surface area contributed by atoms with Gasteiger partial charge >= 0.3 is 0 Å². The van der Waals surface area contributed by atoms with E-state index in [-0.39, 0.29) is 0 Å². The van der Waals surface area contributed by atoms with Crippen molar-refractivity contribution in [1.29, 1.82) is 0 Å². The molecule has 0 radical (unpaired) electrons. The molecule has 0 atom stereocenters. The van der Waals surface area contributed by atoms with Gasteiger partial charge in [-0.05, 0) is 44.2 Å². The van der Waals surface area contributed by atoms with Crippen LogP contribution in [-0.4, -0.2) is 13.1 Å². The predicted molar refractivity (Wildman–Crippen MR) is 45.0 cm³/mol. The lowest BCUT2D eigenvalue weighted by molar-refractivity contribution is 0.318. The molecular formula is C9H19N. The van der Waals surface area contributed by atoms with Crippen molar-refractivity contribution in [3.63, 3.8) is 0 Å². The third-order valence-corrected chi connectivity index (χ3v) is 2.20. The molecule has 1 saturated heterocycles. The van der Waals surface area contributed by atoms with E-state index in [0.29, 0.717) is 0 Å². The van der Waals surface area contributed by atoms with Crippen LogP contribution in [0.1, 0.15) is 33.1 Å². The summed E-state index contributed by atoms with van der Waals surface area (Å²) >= 11 is 0. The molecule has 0 unspecified atom stereocenters. The zero-order valence-electron chi connectivity index (χ0n) is 8.14. The second-order valence-corrected chi connectivity index (χ2v) is 3.74. The van der Waals surface area contributed by atoms with Gasteiger partial charge in [-0.15, -0.1) is 0 Å². The second kappa shape index (κ2) is 3.97. The molecule has 1 fully saturated rings. The molecule has 0 aromatic heterocycles. The molecule has 0 bridgehead atoms. The zero-order valence-corrected chi connectivity index (χ0v) is 7.14. The third kappa shape index (κ3) is 2.70. The van der Waals surface area contributed by atoms with Gasteiger partial charge in [-0.2, -0.15) is 0 Å². The van der Waals surface area contributed by atoms with Crippen LogP contribution < -0.4 is 5.31 Å². The molecule has 0 aliphatic carbocycles. The van der Waals surface area contributed by atoms with Gasteiger partial charge in [0.1, 0.15) is 1.41 Å². The molecule has 10 heavy (non-hydrogen) atoms. The molecular weight excluding hydrogens is 122 g/mol. The maximum atomic E-state index is 7.38. The quantitative estimate of drug-likeness (QED) is 0.623. The standard InChI is InChI=1S/C9H19N/c1-8(2)7-9-3-5-10-6-4-9/h8-10H,3-7H2,1-2H3/i/hT. The van der Waals surface area contributed by atoms with Crippen LogP contribution in [0, 0.1) is 11.8 Å². The van der Waals surface area contributed by atoms with Gasteiger partial charge in [-0.25, -0.2) is 0 Å². The fourth-order valence-corrected chi connectivity index (χ4v) is 1.71. The van der Waals surface area contributed by atoms with Crippen LogP contribution in [0.4, 0.5) is 0 Å². The first-order valence-electron chi connectivity index (χ1n) is 4.87. The third-order valence-electron chi connectivity index (χ3n) is 2.20. The van der Waals surface area contributed by atoms with Crippen LogP contribution in [0.5, 0.6) is 0 Å². The van der Waals surface area contributed by atoms with Gasteiger partial charge in [0, 0.05) is 0 Å². The SMILES string of the molecule is [3H]N1CCC(CC(C)C)CC1. The van der Waals surface area contributed by atoms with E-state index in [1.807, 2.05) is 0 Å². The summed E-state index contributed by atoms with van der Waals surface area (Å²) in [6.45, 7) is 6.54. The molecule has 1 heteroatoms. The molecule has 0 aromatic carbocycles. The predicted octanol–water partition coefficient (Wildman–Crippen LogP) is 2.03. The van der Waals surface area contributed by atoms with Crippen molar-refractivity contribution < 1.29 is 1.41 Å². The highest BCUT2D eigenvalue weighted by Crippen LogP contribution is 2.20. The van der Waals surface area contributed by atoms with Crippen molar-refractivity contribution in [2.45, 2.75) is 33.1 Å². The van der Waals surface area contributed by atoms with E-state index in [0.717, 1.165) is 24.9 Å². The molecule has 1 rings (SSSR count). The molecule has 60 valence electrons. The van der Waals surface area contributed by atoms with E-state index in [1.165, 1.54) is 19.3 Å². The van der Waals surface area contributed by atoms with Crippen molar-refractivity contribution in [3.8, 4) is 0 Å². The molecule has 0 saturated carbocycles. The Hall–Kier alpha value is -0.0400. The Bertz CT molecular complexity index is 106. The normalized spacial score (nSPS) is 25.3. The first-order valence-corrected chi connectivity index (χ1v) is 4.42. The fourth-order valence-electron chi connectivity index (χ4n) is 1.71. The number of piperidine rings is 1. The van der Waals surface area contributed by atoms with Crippen molar-refractivity contribution >= 4 is 0 Å². The van der Waals surface area contributed by atoms with Crippen molar-refractivity contribution in [2.75, 3.05) is 13.1 Å². The van der Waals surface area contributed by atoms with Crippen LogP contribution in [0.2, 0.25) is 1.41 Å². The number of hydrogen-bond donors (Lipinski definition) is 1. The first-order chi connectivity index (χ1) is 5.18. The van der Waals surface area contributed by atoms with Crippen molar-refractivity contribution in [3.05, 3.63) is 0 Å². The monoisotopic (exact) mass is 143 g/mol. The van der Waals surface area contributed by atoms with E-state index < -0.39 is 0 Å². The van der Waals surface area contributed by atoms with Gasteiger partial charge in [0.15, 0.2) is 0 Å². The Kier molecular flexibility index (Phi) is 2.64. The van der Waals surface area contributed by atoms with Gasteiger partial charge < -0.3 is 5.31 Å². The van der Waals surface area contributed by atoms with Crippen molar-refractivity contribution in [2.24, 2.45) is 11.8 Å². The van der Waals surface area contributed by atoms with Crippen LogP contribution in [-0.2, 0) is 0 Å². The topological polar surface area (TPSA) is 12.0 Å². The van der Waals surface area contributed by atoms with E-state index >= 15 is 0 Å². The highest BCUT2D eigenvalue weighted by atomic mass is 14.9. The molecule has 0 aromatic rings. The Morgan fingerprint density at radius 2 is 2.10 bits per heavy atom. The smallest absolute Gasteiger partial charge is 0.122 e. The van der Waals surface area contributed by atoms with Crippen LogP contribution in [0.3, 0.4) is 0 Å². The van der Waals surface area contributed by atoms with Crippen LogP contribution in [0.25, 0.3) is 0 Å². The summed E-state index contributed by atoms with van der Waals surface area (Å²) in [7, 11) is 0. The van der Waals surface area contributed by atoms with Gasteiger partial charge in [-0.1, -0.05) is 13.8 Å². The summed E-state index contributed by atoms with van der Waals surface area (Å²) in [5.74, 6) is 1.73. The lowest BCUT2D eigenvalue weighted by Crippen LogP contribution is -2.28. The molecule has 0 spiro atoms. The van der Waals surface area contributed by atoms with E-state index in [1.54, 1.807) is 5.31 Å². The van der Waals surface area contributed by atoms with Gasteiger partial charge in [-0.3, -0.25) is 0 Å². The van der Waals surface area contributed by atoms with Crippen LogP contribution in [0.15, 0.2) is 0 Å². The zero-order chi connectivity index (χ0) is 8.27. The Labute approximate surface area is 65.7 Å². The van der Waals surface area contributed by atoms with Gasteiger partial charge in [0.25, 0.3) is 0 Å². The van der Waals surface area contributed by atoms with E-state index in [2.05, 4.69) is 13.8 Å². The molecule has 0 amide bonds. The Balaban J connectivity index is 2.17. The number of nitrogens with one attached hydrogen (secondary N) is 1. The van der Waals surface area contributed by atoms with Gasteiger partial charge in [0.05, 0.1) is 0 Å². The number of hydrogen-bond acceptors (Lipinski definition) is 1. The highest BCUT2D eigenvalue weighted by molar-refractivity contribution is 4.69. The summed E-state index contributed by atoms with van der Waals surface area (Å²) in [5, 5.41) is 1.69. The summed E-state index contributed by atoms with van der Waals surface area (Å²) < 4.78 is 7.38. The molecule has 1 aliphatic rings. The fraction of sp³-hybridized carbons (Fsp3) is 1.00. The minimum absolute atomic E-state index is 0.831. The van der Waals surface area contributed by atoms with Crippen LogP contribution >= 0.6 is 0 Å². The maximum absolute atomic E-state index is 7.38. The second-order valence-electron chi connectivity index (χ2n) is 3.74. The minimum Gasteiger partial charge on any atom is -0.317 e. The minimum atomic E-state index is 0.831. The summed E-state index contributed by atoms with van der Waals surface area (Å²) in [6.07, 6.45) is 3.83. The first kappa shape index (κ1) is 6.66. The largest absolute Gasteiger partial charge is 0.317 e.